The predicted molar refractivity (Wildman–Crippen MR) is 118 cm³/mol. The van der Waals surface area contributed by atoms with E-state index in [4.69, 9.17) is 5.11 Å². The lowest BCUT2D eigenvalue weighted by Gasteiger charge is -2.12. The van der Waals surface area contributed by atoms with Gasteiger partial charge in [-0.2, -0.15) is 0 Å². The van der Waals surface area contributed by atoms with Gasteiger partial charge in [-0.1, -0.05) is 52.3 Å². The molecule has 0 radical (unpaired) electrons. The molecule has 0 aliphatic carbocycles. The van der Waals surface area contributed by atoms with Gasteiger partial charge in [-0.05, 0) is 54.1 Å². The van der Waals surface area contributed by atoms with Gasteiger partial charge in [-0.25, -0.2) is 4.79 Å². The Morgan fingerprint density at radius 2 is 1.53 bits per heavy atom. The molecule has 0 saturated heterocycles. The number of carboxylic acids is 1. The molecule has 0 unspecified atom stereocenters. The van der Waals surface area contributed by atoms with Gasteiger partial charge in [0.05, 0.1) is 5.56 Å². The van der Waals surface area contributed by atoms with Gasteiger partial charge in [0.15, 0.2) is 0 Å². The first-order valence-corrected chi connectivity index (χ1v) is 9.70. The molecular weight excluding hydrogens is 448 g/mol. The lowest BCUT2D eigenvalue weighted by molar-refractivity contribution is -0.113. The summed E-state index contributed by atoms with van der Waals surface area (Å²) in [7, 11) is 0. The number of aromatic carboxylic acids is 1. The van der Waals surface area contributed by atoms with Crippen molar-refractivity contribution >= 4 is 45.5 Å². The van der Waals surface area contributed by atoms with E-state index in [1.54, 1.807) is 48.5 Å². The van der Waals surface area contributed by atoms with Gasteiger partial charge in [-0.15, -0.1) is 0 Å². The van der Waals surface area contributed by atoms with Gasteiger partial charge in [0.2, 0.25) is 0 Å². The van der Waals surface area contributed by atoms with Gasteiger partial charge in [0.1, 0.15) is 5.70 Å². The standard InChI is InChI=1S/C23H17BrN2O4/c24-18-11-9-16(10-12-18)21(27)26-20(13-15-5-2-1-3-6-15)22(28)25-19-8-4-7-17(14-19)23(29)30/h1-14H,(H,25,28)(H,26,27)(H,29,30). The number of carbonyl (C=O) groups excluding carboxylic acids is 2. The van der Waals surface area contributed by atoms with Crippen LogP contribution in [0.4, 0.5) is 5.69 Å². The second-order valence-corrected chi connectivity index (χ2v) is 7.19. The van der Waals surface area contributed by atoms with Crippen molar-refractivity contribution in [2.24, 2.45) is 0 Å². The Morgan fingerprint density at radius 3 is 2.20 bits per heavy atom. The monoisotopic (exact) mass is 464 g/mol. The van der Waals surface area contributed by atoms with Gasteiger partial charge >= 0.3 is 5.97 Å². The summed E-state index contributed by atoms with van der Waals surface area (Å²) in [6.45, 7) is 0. The maximum atomic E-state index is 12.9. The smallest absolute Gasteiger partial charge is 0.335 e. The van der Waals surface area contributed by atoms with Crippen LogP contribution in [-0.2, 0) is 4.79 Å². The molecule has 3 rings (SSSR count). The maximum absolute atomic E-state index is 12.9. The van der Waals surface area contributed by atoms with E-state index >= 15 is 0 Å². The normalized spacial score (nSPS) is 10.9. The quantitative estimate of drug-likeness (QED) is 0.466. The van der Waals surface area contributed by atoms with E-state index in [1.807, 2.05) is 18.2 Å². The van der Waals surface area contributed by atoms with Gasteiger partial charge in [0.25, 0.3) is 11.8 Å². The third kappa shape index (κ3) is 5.65. The van der Waals surface area contributed by atoms with E-state index < -0.39 is 17.8 Å². The first-order valence-electron chi connectivity index (χ1n) is 8.91. The highest BCUT2D eigenvalue weighted by Gasteiger charge is 2.16. The summed E-state index contributed by atoms with van der Waals surface area (Å²) in [5.74, 6) is -2.12. The molecule has 3 aromatic carbocycles. The van der Waals surface area contributed by atoms with Gasteiger partial charge < -0.3 is 15.7 Å². The molecule has 0 fully saturated rings. The fraction of sp³-hybridized carbons (Fsp3) is 0. The highest BCUT2D eigenvalue weighted by Crippen LogP contribution is 2.14. The number of nitrogens with one attached hydrogen (secondary N) is 2. The molecule has 0 bridgehead atoms. The van der Waals surface area contributed by atoms with E-state index in [9.17, 15) is 14.4 Å². The molecule has 150 valence electrons. The van der Waals surface area contributed by atoms with Crippen molar-refractivity contribution < 1.29 is 19.5 Å². The summed E-state index contributed by atoms with van der Waals surface area (Å²) >= 11 is 3.32. The predicted octanol–water partition coefficient (Wildman–Crippen LogP) is 4.56. The first-order chi connectivity index (χ1) is 14.4. The van der Waals surface area contributed by atoms with Crippen molar-refractivity contribution in [1.29, 1.82) is 0 Å². The van der Waals surface area contributed by atoms with Crippen molar-refractivity contribution in [3.05, 3.63) is 106 Å². The summed E-state index contributed by atoms with van der Waals surface area (Å²) < 4.78 is 0.829. The lowest BCUT2D eigenvalue weighted by atomic mass is 10.1. The van der Waals surface area contributed by atoms with E-state index in [2.05, 4.69) is 26.6 Å². The molecule has 0 aliphatic heterocycles. The Balaban J connectivity index is 1.87. The number of anilines is 1. The first kappa shape index (κ1) is 21.0. The fourth-order valence-corrected chi connectivity index (χ4v) is 2.86. The van der Waals surface area contributed by atoms with Crippen molar-refractivity contribution in [3.8, 4) is 0 Å². The van der Waals surface area contributed by atoms with Crippen LogP contribution < -0.4 is 10.6 Å². The molecule has 30 heavy (non-hydrogen) atoms. The van der Waals surface area contributed by atoms with Crippen LogP contribution in [0.3, 0.4) is 0 Å². The van der Waals surface area contributed by atoms with Gasteiger partial charge in [-0.3, -0.25) is 9.59 Å². The molecular formula is C23H17BrN2O4. The highest BCUT2D eigenvalue weighted by molar-refractivity contribution is 9.10. The summed E-state index contributed by atoms with van der Waals surface area (Å²) in [4.78, 5) is 36.7. The molecule has 0 saturated carbocycles. The van der Waals surface area contributed by atoms with E-state index in [0.29, 0.717) is 11.3 Å². The molecule has 0 spiro atoms. The number of hydrogen-bond acceptors (Lipinski definition) is 3. The van der Waals surface area contributed by atoms with Crippen LogP contribution in [0.25, 0.3) is 6.08 Å². The SMILES string of the molecule is O=C(Nc1cccc(C(=O)O)c1)C(=Cc1ccccc1)NC(=O)c1ccc(Br)cc1. The maximum Gasteiger partial charge on any atom is 0.335 e. The molecule has 0 heterocycles. The Morgan fingerprint density at radius 1 is 0.833 bits per heavy atom. The Labute approximate surface area is 181 Å². The Hall–Kier alpha value is -3.71. The molecule has 3 N–H and O–H groups in total. The zero-order valence-corrected chi connectivity index (χ0v) is 17.2. The van der Waals surface area contributed by atoms with Crippen LogP contribution in [0, 0.1) is 0 Å². The Kier molecular flexibility index (Phi) is 6.77. The number of carbonyl (C=O) groups is 3. The summed E-state index contributed by atoms with van der Waals surface area (Å²) in [6, 6.07) is 21.7. The van der Waals surface area contributed by atoms with E-state index in [0.717, 1.165) is 10.0 Å². The fourth-order valence-electron chi connectivity index (χ4n) is 2.60. The summed E-state index contributed by atoms with van der Waals surface area (Å²) in [5.41, 5.74) is 1.47. The second-order valence-electron chi connectivity index (χ2n) is 6.27. The Bertz CT molecular complexity index is 1110. The average molecular weight is 465 g/mol. The molecule has 0 aliphatic rings. The van der Waals surface area contributed by atoms with Crippen molar-refractivity contribution in [2.75, 3.05) is 5.32 Å². The van der Waals surface area contributed by atoms with Crippen molar-refractivity contribution in [2.45, 2.75) is 0 Å². The summed E-state index contributed by atoms with van der Waals surface area (Å²) in [6.07, 6.45) is 1.55. The van der Waals surface area contributed by atoms with Crippen LogP contribution in [0.2, 0.25) is 0 Å². The van der Waals surface area contributed by atoms with Crippen LogP contribution >= 0.6 is 15.9 Å². The zero-order chi connectivity index (χ0) is 21.5. The van der Waals surface area contributed by atoms with Crippen molar-refractivity contribution in [3.63, 3.8) is 0 Å². The number of halogens is 1. The topological polar surface area (TPSA) is 95.5 Å². The number of rotatable bonds is 6. The highest BCUT2D eigenvalue weighted by atomic mass is 79.9. The third-order valence-electron chi connectivity index (χ3n) is 4.08. The number of benzene rings is 3. The third-order valence-corrected chi connectivity index (χ3v) is 4.61. The molecule has 3 aromatic rings. The van der Waals surface area contributed by atoms with Crippen LogP contribution in [0.1, 0.15) is 26.3 Å². The number of carboxylic acid groups (broad SMARTS) is 1. The minimum Gasteiger partial charge on any atom is -0.478 e. The molecule has 6 nitrogen and oxygen atoms in total. The molecule has 2 amide bonds. The zero-order valence-electron chi connectivity index (χ0n) is 15.6. The largest absolute Gasteiger partial charge is 0.478 e. The van der Waals surface area contributed by atoms with Gasteiger partial charge in [0, 0.05) is 15.7 Å². The lowest BCUT2D eigenvalue weighted by Crippen LogP contribution is -2.30. The molecule has 7 heteroatoms. The number of hydrogen-bond donors (Lipinski definition) is 3. The van der Waals surface area contributed by atoms with Crippen LogP contribution in [0.15, 0.2) is 89.0 Å². The average Bonchev–Trinajstić information content (AvgIpc) is 2.74. The van der Waals surface area contributed by atoms with E-state index in [-0.39, 0.29) is 11.3 Å². The second kappa shape index (κ2) is 9.67. The summed E-state index contributed by atoms with van der Waals surface area (Å²) in [5, 5.41) is 14.4. The number of amides is 2. The van der Waals surface area contributed by atoms with Crippen LogP contribution in [0.5, 0.6) is 0 Å². The van der Waals surface area contributed by atoms with Crippen molar-refractivity contribution in [1.82, 2.24) is 5.32 Å². The minimum absolute atomic E-state index is 0.0230. The molecule has 0 atom stereocenters. The van der Waals surface area contributed by atoms with Crippen LogP contribution in [-0.4, -0.2) is 22.9 Å². The van der Waals surface area contributed by atoms with E-state index in [1.165, 1.54) is 18.2 Å². The molecule has 0 aromatic heterocycles. The minimum atomic E-state index is -1.10.